The molecule has 1 amide bonds. The van der Waals surface area contributed by atoms with E-state index >= 15 is 0 Å². The number of nitrogens with zero attached hydrogens (tertiary/aromatic N) is 3. The molecule has 1 unspecified atom stereocenters. The molecule has 6 heteroatoms. The summed E-state index contributed by atoms with van der Waals surface area (Å²) in [6, 6.07) is 12.0. The topological polar surface area (TPSA) is 51.9 Å². The van der Waals surface area contributed by atoms with Gasteiger partial charge in [-0.15, -0.1) is 0 Å². The SMILES string of the molecule is Cc1cn2c(n1)CCC(NC(=O)c1cccn1-c1cccc(I)c1)C2. The smallest absolute Gasteiger partial charge is 0.268 e. The normalized spacial score (nSPS) is 16.5. The van der Waals surface area contributed by atoms with Gasteiger partial charge in [0.2, 0.25) is 0 Å². The number of aromatic nitrogens is 3. The minimum absolute atomic E-state index is 0.0332. The fourth-order valence-corrected chi connectivity index (χ4v) is 3.91. The average molecular weight is 446 g/mol. The number of benzene rings is 1. The highest BCUT2D eigenvalue weighted by molar-refractivity contribution is 14.1. The molecule has 1 atom stereocenters. The Balaban J connectivity index is 1.52. The Morgan fingerprint density at radius 1 is 1.32 bits per heavy atom. The molecule has 1 aromatic carbocycles. The van der Waals surface area contributed by atoms with Gasteiger partial charge in [0.1, 0.15) is 11.5 Å². The van der Waals surface area contributed by atoms with E-state index in [1.54, 1.807) is 0 Å². The third kappa shape index (κ3) is 3.35. The van der Waals surface area contributed by atoms with Gasteiger partial charge in [-0.05, 0) is 66.3 Å². The van der Waals surface area contributed by atoms with Crippen LogP contribution in [-0.4, -0.2) is 26.1 Å². The van der Waals surface area contributed by atoms with E-state index in [0.717, 1.165) is 40.2 Å². The van der Waals surface area contributed by atoms with E-state index in [9.17, 15) is 4.79 Å². The summed E-state index contributed by atoms with van der Waals surface area (Å²) >= 11 is 2.28. The molecule has 128 valence electrons. The first-order chi connectivity index (χ1) is 12.1. The quantitative estimate of drug-likeness (QED) is 0.628. The Hall–Kier alpha value is -2.09. The lowest BCUT2D eigenvalue weighted by Crippen LogP contribution is -2.41. The van der Waals surface area contributed by atoms with Crippen LogP contribution in [0.25, 0.3) is 5.69 Å². The molecule has 1 aliphatic heterocycles. The lowest BCUT2D eigenvalue weighted by molar-refractivity contribution is 0.0920. The number of amides is 1. The number of halogens is 1. The summed E-state index contributed by atoms with van der Waals surface area (Å²) in [7, 11) is 0. The second-order valence-corrected chi connectivity index (χ2v) is 7.65. The van der Waals surface area contributed by atoms with Gasteiger partial charge in [-0.3, -0.25) is 4.79 Å². The molecule has 0 saturated heterocycles. The lowest BCUT2D eigenvalue weighted by atomic mass is 10.1. The van der Waals surface area contributed by atoms with Crippen molar-refractivity contribution in [2.24, 2.45) is 0 Å². The van der Waals surface area contributed by atoms with Crippen molar-refractivity contribution in [3.05, 3.63) is 69.6 Å². The molecule has 0 bridgehead atoms. The molecular weight excluding hydrogens is 427 g/mol. The van der Waals surface area contributed by atoms with E-state index in [2.05, 4.69) is 49.7 Å². The monoisotopic (exact) mass is 446 g/mol. The van der Waals surface area contributed by atoms with Gasteiger partial charge in [0.25, 0.3) is 5.91 Å². The van der Waals surface area contributed by atoms with Crippen LogP contribution in [0.5, 0.6) is 0 Å². The molecule has 3 heterocycles. The van der Waals surface area contributed by atoms with Crippen molar-refractivity contribution in [3.8, 4) is 5.69 Å². The maximum atomic E-state index is 12.8. The van der Waals surface area contributed by atoms with Crippen molar-refractivity contribution in [3.63, 3.8) is 0 Å². The van der Waals surface area contributed by atoms with Gasteiger partial charge in [0.15, 0.2) is 0 Å². The number of imidazole rings is 1. The van der Waals surface area contributed by atoms with E-state index in [1.807, 2.05) is 48.0 Å². The Kier molecular flexibility index (Phi) is 4.37. The van der Waals surface area contributed by atoms with Gasteiger partial charge in [-0.25, -0.2) is 4.98 Å². The van der Waals surface area contributed by atoms with Crippen LogP contribution in [0.4, 0.5) is 0 Å². The summed E-state index contributed by atoms with van der Waals surface area (Å²) in [5, 5.41) is 3.19. The average Bonchev–Trinajstić information content (AvgIpc) is 3.20. The van der Waals surface area contributed by atoms with Crippen molar-refractivity contribution >= 4 is 28.5 Å². The number of nitrogens with one attached hydrogen (secondary N) is 1. The molecule has 2 aromatic heterocycles. The summed E-state index contributed by atoms with van der Waals surface area (Å²) in [6.07, 6.45) is 5.81. The number of aryl methyl sites for hydroxylation is 2. The first-order valence-electron chi connectivity index (χ1n) is 8.37. The summed E-state index contributed by atoms with van der Waals surface area (Å²) in [4.78, 5) is 17.3. The van der Waals surface area contributed by atoms with Crippen molar-refractivity contribution in [2.45, 2.75) is 32.4 Å². The number of hydrogen-bond acceptors (Lipinski definition) is 2. The Labute approximate surface area is 160 Å². The van der Waals surface area contributed by atoms with Crippen LogP contribution < -0.4 is 5.32 Å². The van der Waals surface area contributed by atoms with Crippen LogP contribution in [0.1, 0.15) is 28.4 Å². The molecule has 3 aromatic rings. The second-order valence-electron chi connectivity index (χ2n) is 6.40. The van der Waals surface area contributed by atoms with Gasteiger partial charge in [0, 0.05) is 40.7 Å². The highest BCUT2D eigenvalue weighted by Gasteiger charge is 2.22. The molecule has 1 N–H and O–H groups in total. The van der Waals surface area contributed by atoms with Crippen molar-refractivity contribution in [1.29, 1.82) is 0 Å². The molecule has 0 radical (unpaired) electrons. The van der Waals surface area contributed by atoms with Crippen LogP contribution in [0.3, 0.4) is 0 Å². The fraction of sp³-hybridized carbons (Fsp3) is 0.263. The number of fused-ring (bicyclic) bond motifs is 1. The van der Waals surface area contributed by atoms with Crippen LogP contribution in [0, 0.1) is 10.5 Å². The zero-order valence-corrected chi connectivity index (χ0v) is 16.1. The molecule has 5 nitrogen and oxygen atoms in total. The maximum Gasteiger partial charge on any atom is 0.268 e. The van der Waals surface area contributed by atoms with E-state index in [4.69, 9.17) is 0 Å². The zero-order chi connectivity index (χ0) is 17.4. The summed E-state index contributed by atoms with van der Waals surface area (Å²) in [6.45, 7) is 2.79. The number of carbonyl (C=O) groups excluding carboxylic acids is 1. The van der Waals surface area contributed by atoms with Crippen molar-refractivity contribution in [1.82, 2.24) is 19.4 Å². The maximum absolute atomic E-state index is 12.8. The van der Waals surface area contributed by atoms with Gasteiger partial charge >= 0.3 is 0 Å². The Morgan fingerprint density at radius 2 is 2.20 bits per heavy atom. The summed E-state index contributed by atoms with van der Waals surface area (Å²) in [5.74, 6) is 1.08. The minimum Gasteiger partial charge on any atom is -0.346 e. The zero-order valence-electron chi connectivity index (χ0n) is 13.9. The van der Waals surface area contributed by atoms with Crippen molar-refractivity contribution in [2.75, 3.05) is 0 Å². The van der Waals surface area contributed by atoms with E-state index < -0.39 is 0 Å². The molecular formula is C19H19IN4O. The van der Waals surface area contributed by atoms with E-state index in [-0.39, 0.29) is 11.9 Å². The van der Waals surface area contributed by atoms with Crippen LogP contribution in [0.2, 0.25) is 0 Å². The molecule has 0 aliphatic carbocycles. The Bertz CT molecular complexity index is 927. The molecule has 25 heavy (non-hydrogen) atoms. The number of hydrogen-bond donors (Lipinski definition) is 1. The van der Waals surface area contributed by atoms with Gasteiger partial charge < -0.3 is 14.5 Å². The number of rotatable bonds is 3. The van der Waals surface area contributed by atoms with Crippen LogP contribution in [-0.2, 0) is 13.0 Å². The van der Waals surface area contributed by atoms with Crippen LogP contribution in [0.15, 0.2) is 48.8 Å². The lowest BCUT2D eigenvalue weighted by Gasteiger charge is -2.25. The fourth-order valence-electron chi connectivity index (χ4n) is 3.38. The molecule has 0 spiro atoms. The highest BCUT2D eigenvalue weighted by Crippen LogP contribution is 2.18. The first kappa shape index (κ1) is 16.4. The molecule has 0 fully saturated rings. The minimum atomic E-state index is -0.0332. The molecule has 1 aliphatic rings. The predicted octanol–water partition coefficient (Wildman–Crippen LogP) is 3.33. The molecule has 4 rings (SSSR count). The predicted molar refractivity (Wildman–Crippen MR) is 105 cm³/mol. The third-order valence-corrected chi connectivity index (χ3v) is 5.19. The highest BCUT2D eigenvalue weighted by atomic mass is 127. The molecule has 0 saturated carbocycles. The summed E-state index contributed by atoms with van der Waals surface area (Å²) in [5.41, 5.74) is 2.70. The third-order valence-electron chi connectivity index (χ3n) is 4.52. The van der Waals surface area contributed by atoms with E-state index in [0.29, 0.717) is 5.69 Å². The van der Waals surface area contributed by atoms with Crippen LogP contribution >= 0.6 is 22.6 Å². The second kappa shape index (κ2) is 6.67. The number of carbonyl (C=O) groups is 1. The van der Waals surface area contributed by atoms with E-state index in [1.165, 1.54) is 0 Å². The van der Waals surface area contributed by atoms with Gasteiger partial charge in [0.05, 0.1) is 5.69 Å². The van der Waals surface area contributed by atoms with Gasteiger partial charge in [-0.2, -0.15) is 0 Å². The first-order valence-corrected chi connectivity index (χ1v) is 9.45. The van der Waals surface area contributed by atoms with Gasteiger partial charge in [-0.1, -0.05) is 6.07 Å². The largest absolute Gasteiger partial charge is 0.346 e. The Morgan fingerprint density at radius 3 is 3.04 bits per heavy atom. The standard InChI is InChI=1S/C19H19IN4O/c1-13-11-23-12-15(7-8-18(23)21-13)22-19(25)17-6-3-9-24(17)16-5-2-4-14(20)10-16/h2-6,9-11,15H,7-8,12H2,1H3,(H,22,25). The van der Waals surface area contributed by atoms with Crippen molar-refractivity contribution < 1.29 is 4.79 Å². The summed E-state index contributed by atoms with van der Waals surface area (Å²) < 4.78 is 5.24.